The van der Waals surface area contributed by atoms with Crippen molar-refractivity contribution in [2.75, 3.05) is 19.7 Å². The summed E-state index contributed by atoms with van der Waals surface area (Å²) in [6.45, 7) is 9.80. The normalized spacial score (nSPS) is 35.8. The number of hydrogen-bond acceptors (Lipinski definition) is 4. The Morgan fingerprint density at radius 1 is 1.41 bits per heavy atom. The highest BCUT2D eigenvalue weighted by Gasteiger charge is 2.67. The number of ether oxygens (including phenoxy) is 2. The monoisotopic (exact) mass is 307 g/mol. The summed E-state index contributed by atoms with van der Waals surface area (Å²) in [5.41, 5.74) is -0.613. The zero-order chi connectivity index (χ0) is 16.1. The molecule has 2 bridgehead atoms. The average molecular weight is 307 g/mol. The van der Waals surface area contributed by atoms with E-state index in [1.165, 1.54) is 0 Å². The molecule has 22 heavy (non-hydrogen) atoms. The van der Waals surface area contributed by atoms with Gasteiger partial charge in [-0.25, -0.2) is 0 Å². The summed E-state index contributed by atoms with van der Waals surface area (Å²) in [5.74, 6) is -0.493. The molecule has 5 heteroatoms. The van der Waals surface area contributed by atoms with Crippen LogP contribution >= 0.6 is 0 Å². The molecule has 1 spiro atoms. The van der Waals surface area contributed by atoms with E-state index < -0.39 is 17.4 Å². The smallest absolute Gasteiger partial charge is 0.312 e. The zero-order valence-electron chi connectivity index (χ0n) is 13.7. The molecule has 3 rings (SSSR count). The Labute approximate surface area is 131 Å². The molecule has 122 valence electrons. The molecule has 0 aromatic rings. The van der Waals surface area contributed by atoms with Crippen LogP contribution < -0.4 is 0 Å². The lowest BCUT2D eigenvalue weighted by Gasteiger charge is -2.23. The fourth-order valence-electron chi connectivity index (χ4n) is 3.79. The first-order valence-corrected chi connectivity index (χ1v) is 8.16. The lowest BCUT2D eigenvalue weighted by atomic mass is 9.77. The van der Waals surface area contributed by atoms with Crippen LogP contribution in [0.25, 0.3) is 0 Å². The van der Waals surface area contributed by atoms with E-state index in [2.05, 4.69) is 13.8 Å². The quantitative estimate of drug-likeness (QED) is 0.572. The molecule has 3 aliphatic heterocycles. The number of carbonyl (C=O) groups excluding carboxylic acids is 2. The van der Waals surface area contributed by atoms with Crippen LogP contribution in [0.15, 0.2) is 12.2 Å². The molecule has 0 unspecified atom stereocenters. The van der Waals surface area contributed by atoms with Crippen LogP contribution in [0, 0.1) is 23.7 Å². The van der Waals surface area contributed by atoms with E-state index in [4.69, 9.17) is 9.47 Å². The second-order valence-corrected chi connectivity index (χ2v) is 7.54. The van der Waals surface area contributed by atoms with E-state index in [1.807, 2.05) is 30.9 Å². The second-order valence-electron chi connectivity index (χ2n) is 7.54. The highest BCUT2D eigenvalue weighted by molar-refractivity contribution is 5.91. The Balaban J connectivity index is 1.79. The fourth-order valence-corrected chi connectivity index (χ4v) is 3.79. The van der Waals surface area contributed by atoms with Gasteiger partial charge in [0.15, 0.2) is 0 Å². The predicted molar refractivity (Wildman–Crippen MR) is 80.9 cm³/mol. The first-order chi connectivity index (χ1) is 10.3. The lowest BCUT2D eigenvalue weighted by molar-refractivity contribution is -0.154. The number of amides is 1. The molecule has 2 saturated heterocycles. The van der Waals surface area contributed by atoms with Crippen molar-refractivity contribution in [2.24, 2.45) is 23.7 Å². The van der Waals surface area contributed by atoms with Gasteiger partial charge in [0.25, 0.3) is 0 Å². The van der Waals surface area contributed by atoms with E-state index in [9.17, 15) is 9.59 Å². The van der Waals surface area contributed by atoms with Crippen LogP contribution in [0.2, 0.25) is 0 Å². The molecule has 0 saturated carbocycles. The molecule has 4 atom stereocenters. The SMILES string of the molecule is CC(C)COC(=O)[C@H]1[C@@H]2C=C[C@@]3(CN(CC(C)C)C(=O)[C@@H]13)O2. The van der Waals surface area contributed by atoms with Gasteiger partial charge in [-0.3, -0.25) is 9.59 Å². The van der Waals surface area contributed by atoms with Gasteiger partial charge < -0.3 is 14.4 Å². The maximum atomic E-state index is 12.8. The van der Waals surface area contributed by atoms with Crippen LogP contribution in [0.1, 0.15) is 27.7 Å². The van der Waals surface area contributed by atoms with Crippen molar-refractivity contribution in [3.8, 4) is 0 Å². The number of esters is 1. The maximum Gasteiger partial charge on any atom is 0.312 e. The molecule has 1 amide bonds. The molecular weight excluding hydrogens is 282 g/mol. The van der Waals surface area contributed by atoms with Gasteiger partial charge in [0.1, 0.15) is 11.5 Å². The minimum absolute atomic E-state index is 0.0343. The summed E-state index contributed by atoms with van der Waals surface area (Å²) < 4.78 is 11.4. The van der Waals surface area contributed by atoms with Crippen molar-refractivity contribution in [3.63, 3.8) is 0 Å². The summed E-state index contributed by atoms with van der Waals surface area (Å²) in [4.78, 5) is 27.0. The topological polar surface area (TPSA) is 55.8 Å². The summed E-state index contributed by atoms with van der Waals surface area (Å²) in [6.07, 6.45) is 3.59. The van der Waals surface area contributed by atoms with Gasteiger partial charge in [-0.05, 0) is 11.8 Å². The molecule has 3 heterocycles. The molecule has 0 aromatic carbocycles. The third-order valence-corrected chi connectivity index (χ3v) is 4.60. The van der Waals surface area contributed by atoms with Crippen molar-refractivity contribution >= 4 is 11.9 Å². The summed E-state index contributed by atoms with van der Waals surface area (Å²) in [6, 6.07) is 0. The Morgan fingerprint density at radius 3 is 2.77 bits per heavy atom. The van der Waals surface area contributed by atoms with Gasteiger partial charge in [0.2, 0.25) is 5.91 Å². The molecule has 3 aliphatic rings. The first kappa shape index (κ1) is 15.5. The minimum atomic E-state index is -0.613. The van der Waals surface area contributed by atoms with Crippen LogP contribution in [0.3, 0.4) is 0 Å². The van der Waals surface area contributed by atoms with Crippen LogP contribution in [0.4, 0.5) is 0 Å². The van der Waals surface area contributed by atoms with Crippen LogP contribution in [-0.4, -0.2) is 48.2 Å². The Bertz CT molecular complexity index is 513. The third-order valence-electron chi connectivity index (χ3n) is 4.60. The van der Waals surface area contributed by atoms with Gasteiger partial charge in [-0.2, -0.15) is 0 Å². The van der Waals surface area contributed by atoms with Crippen LogP contribution in [-0.2, 0) is 19.1 Å². The van der Waals surface area contributed by atoms with Gasteiger partial charge in [0.05, 0.1) is 25.2 Å². The molecule has 5 nitrogen and oxygen atoms in total. The Morgan fingerprint density at radius 2 is 2.14 bits per heavy atom. The Kier molecular flexibility index (Phi) is 3.79. The van der Waals surface area contributed by atoms with E-state index in [0.717, 1.165) is 0 Å². The second kappa shape index (κ2) is 5.37. The molecule has 2 fully saturated rings. The number of nitrogens with zero attached hydrogens (tertiary/aromatic N) is 1. The van der Waals surface area contributed by atoms with Gasteiger partial charge in [-0.1, -0.05) is 39.8 Å². The summed E-state index contributed by atoms with van der Waals surface area (Å²) in [7, 11) is 0. The van der Waals surface area contributed by atoms with Crippen molar-refractivity contribution in [3.05, 3.63) is 12.2 Å². The molecular formula is C17H25NO4. The molecule has 0 aliphatic carbocycles. The van der Waals surface area contributed by atoms with Crippen LogP contribution in [0.5, 0.6) is 0 Å². The highest BCUT2D eigenvalue weighted by atomic mass is 16.6. The van der Waals surface area contributed by atoms with Gasteiger partial charge >= 0.3 is 5.97 Å². The summed E-state index contributed by atoms with van der Waals surface area (Å²) >= 11 is 0. The zero-order valence-corrected chi connectivity index (χ0v) is 13.7. The Hall–Kier alpha value is -1.36. The average Bonchev–Trinajstić information content (AvgIpc) is 3.04. The van der Waals surface area contributed by atoms with E-state index >= 15 is 0 Å². The number of carbonyl (C=O) groups is 2. The van der Waals surface area contributed by atoms with Crippen molar-refractivity contribution < 1.29 is 19.1 Å². The number of fused-ring (bicyclic) bond motifs is 1. The molecule has 0 N–H and O–H groups in total. The van der Waals surface area contributed by atoms with Gasteiger partial charge in [0, 0.05) is 6.54 Å². The largest absolute Gasteiger partial charge is 0.465 e. The number of rotatable bonds is 5. The lowest BCUT2D eigenvalue weighted by Crippen LogP contribution is -2.40. The predicted octanol–water partition coefficient (Wildman–Crippen LogP) is 1.62. The van der Waals surface area contributed by atoms with E-state index in [1.54, 1.807) is 0 Å². The van der Waals surface area contributed by atoms with Crippen molar-refractivity contribution in [2.45, 2.75) is 39.4 Å². The standard InChI is InChI=1S/C17H25NO4/c1-10(2)7-18-9-17-6-5-12(22-17)13(14(17)15(18)19)16(20)21-8-11(3)4/h5-6,10-14H,7-9H2,1-4H3/t12-,13-,14+,17-/m0/s1. The maximum absolute atomic E-state index is 12.8. The van der Waals surface area contributed by atoms with E-state index in [-0.39, 0.29) is 23.9 Å². The summed E-state index contributed by atoms with van der Waals surface area (Å²) in [5, 5.41) is 0. The van der Waals surface area contributed by atoms with E-state index in [0.29, 0.717) is 25.6 Å². The number of likely N-dealkylation sites (tertiary alicyclic amines) is 1. The molecule has 0 aromatic heterocycles. The number of hydrogen-bond donors (Lipinski definition) is 0. The fraction of sp³-hybridized carbons (Fsp3) is 0.765. The van der Waals surface area contributed by atoms with Gasteiger partial charge in [-0.15, -0.1) is 0 Å². The first-order valence-electron chi connectivity index (χ1n) is 8.16. The van der Waals surface area contributed by atoms with Crippen molar-refractivity contribution in [1.29, 1.82) is 0 Å². The van der Waals surface area contributed by atoms with Crippen molar-refractivity contribution in [1.82, 2.24) is 4.90 Å². The highest BCUT2D eigenvalue weighted by Crippen LogP contribution is 2.52. The minimum Gasteiger partial charge on any atom is -0.465 e. The molecule has 0 radical (unpaired) electrons. The third kappa shape index (κ3) is 2.35.